The monoisotopic (exact) mass is 321 g/mol. The average molecular weight is 321 g/mol. The van der Waals surface area contributed by atoms with Gasteiger partial charge in [0, 0.05) is 6.42 Å². The van der Waals surface area contributed by atoms with Crippen molar-refractivity contribution in [1.82, 2.24) is 20.3 Å². The van der Waals surface area contributed by atoms with E-state index in [9.17, 15) is 4.39 Å². The first-order valence-electron chi connectivity index (χ1n) is 7.34. The molecule has 4 aromatic rings. The fourth-order valence-electron chi connectivity index (χ4n) is 2.37. The normalized spacial score (nSPS) is 10.9. The van der Waals surface area contributed by atoms with Crippen LogP contribution < -0.4 is 5.32 Å². The van der Waals surface area contributed by atoms with Crippen LogP contribution in [0.1, 0.15) is 11.3 Å². The topological polar surface area (TPSA) is 76.7 Å². The van der Waals surface area contributed by atoms with E-state index in [1.807, 2.05) is 30.3 Å². The van der Waals surface area contributed by atoms with Crippen molar-refractivity contribution in [2.45, 2.75) is 6.42 Å². The van der Waals surface area contributed by atoms with Crippen LogP contribution in [0.5, 0.6) is 0 Å². The van der Waals surface area contributed by atoms with Gasteiger partial charge >= 0.3 is 0 Å². The predicted octanol–water partition coefficient (Wildman–Crippen LogP) is 3.49. The highest BCUT2D eigenvalue weighted by Crippen LogP contribution is 2.23. The van der Waals surface area contributed by atoms with E-state index >= 15 is 0 Å². The standard InChI is InChI=1S/C17H12FN5O/c18-12-8-4-5-9-13(12)19-15-14(10-11-6-2-1-3-7-11)20-16-17(21-15)23-24-22-16/h1-9H,10H2,(H,19,21,23). The third kappa shape index (κ3) is 2.79. The minimum Gasteiger partial charge on any atom is -0.336 e. The van der Waals surface area contributed by atoms with E-state index in [0.29, 0.717) is 29.3 Å². The average Bonchev–Trinajstić information content (AvgIpc) is 3.05. The van der Waals surface area contributed by atoms with Crippen molar-refractivity contribution < 1.29 is 9.02 Å². The highest BCUT2D eigenvalue weighted by atomic mass is 19.1. The summed E-state index contributed by atoms with van der Waals surface area (Å²) in [6.45, 7) is 0. The van der Waals surface area contributed by atoms with Gasteiger partial charge in [-0.1, -0.05) is 42.5 Å². The second-order valence-electron chi connectivity index (χ2n) is 5.20. The fraction of sp³-hybridized carbons (Fsp3) is 0.0588. The van der Waals surface area contributed by atoms with E-state index in [1.54, 1.807) is 18.2 Å². The van der Waals surface area contributed by atoms with Crippen molar-refractivity contribution in [2.24, 2.45) is 0 Å². The zero-order valence-corrected chi connectivity index (χ0v) is 12.5. The lowest BCUT2D eigenvalue weighted by Gasteiger charge is -2.10. The van der Waals surface area contributed by atoms with Crippen molar-refractivity contribution >= 4 is 22.8 Å². The van der Waals surface area contributed by atoms with Crippen LogP contribution in [-0.2, 0) is 6.42 Å². The number of fused-ring (bicyclic) bond motifs is 1. The Morgan fingerprint density at radius 1 is 0.875 bits per heavy atom. The van der Waals surface area contributed by atoms with E-state index in [-0.39, 0.29) is 11.5 Å². The molecule has 0 unspecified atom stereocenters. The van der Waals surface area contributed by atoms with Crippen LogP contribution in [0.15, 0.2) is 59.2 Å². The molecule has 0 amide bonds. The maximum absolute atomic E-state index is 13.9. The number of anilines is 2. The summed E-state index contributed by atoms with van der Waals surface area (Å²) >= 11 is 0. The predicted molar refractivity (Wildman–Crippen MR) is 86.3 cm³/mol. The van der Waals surface area contributed by atoms with Gasteiger partial charge in [0.2, 0.25) is 11.3 Å². The summed E-state index contributed by atoms with van der Waals surface area (Å²) < 4.78 is 18.6. The Kier molecular flexibility index (Phi) is 3.59. The van der Waals surface area contributed by atoms with Gasteiger partial charge in [0.15, 0.2) is 5.82 Å². The molecule has 0 aliphatic heterocycles. The molecule has 118 valence electrons. The van der Waals surface area contributed by atoms with Crippen molar-refractivity contribution in [2.75, 3.05) is 5.32 Å². The van der Waals surface area contributed by atoms with Crippen LogP contribution in [0.3, 0.4) is 0 Å². The molecule has 1 N–H and O–H groups in total. The fourth-order valence-corrected chi connectivity index (χ4v) is 2.37. The van der Waals surface area contributed by atoms with E-state index in [0.717, 1.165) is 5.56 Å². The zero-order chi connectivity index (χ0) is 16.4. The molecule has 4 rings (SSSR count). The van der Waals surface area contributed by atoms with Crippen LogP contribution in [0.2, 0.25) is 0 Å². The second-order valence-corrected chi connectivity index (χ2v) is 5.20. The summed E-state index contributed by atoms with van der Waals surface area (Å²) in [6.07, 6.45) is 0.521. The Balaban J connectivity index is 1.77. The number of hydrogen-bond donors (Lipinski definition) is 1. The van der Waals surface area contributed by atoms with Gasteiger partial charge in [0.1, 0.15) is 5.82 Å². The largest absolute Gasteiger partial charge is 0.336 e. The molecule has 0 aliphatic rings. The number of nitrogens with zero attached hydrogens (tertiary/aromatic N) is 4. The lowest BCUT2D eigenvalue weighted by molar-refractivity contribution is 0.314. The summed E-state index contributed by atoms with van der Waals surface area (Å²) in [5.41, 5.74) is 2.59. The van der Waals surface area contributed by atoms with Crippen LogP contribution in [0.25, 0.3) is 11.3 Å². The number of hydrogen-bond acceptors (Lipinski definition) is 6. The first kappa shape index (κ1) is 14.3. The highest BCUT2D eigenvalue weighted by molar-refractivity contribution is 5.69. The zero-order valence-electron chi connectivity index (χ0n) is 12.5. The van der Waals surface area contributed by atoms with E-state index in [4.69, 9.17) is 0 Å². The molecular formula is C17H12FN5O. The van der Waals surface area contributed by atoms with Gasteiger partial charge in [0.25, 0.3) is 0 Å². The van der Waals surface area contributed by atoms with Gasteiger partial charge in [-0.2, -0.15) is 0 Å². The third-order valence-corrected chi connectivity index (χ3v) is 3.53. The highest BCUT2D eigenvalue weighted by Gasteiger charge is 2.14. The van der Waals surface area contributed by atoms with Crippen LogP contribution in [0.4, 0.5) is 15.9 Å². The van der Waals surface area contributed by atoms with Gasteiger partial charge in [-0.05, 0) is 28.0 Å². The molecule has 0 saturated heterocycles. The number of rotatable bonds is 4. The Labute approximate surface area is 136 Å². The molecule has 0 aliphatic carbocycles. The lowest BCUT2D eigenvalue weighted by atomic mass is 10.1. The second kappa shape index (κ2) is 6.04. The lowest BCUT2D eigenvalue weighted by Crippen LogP contribution is -2.04. The minimum atomic E-state index is -0.372. The first-order valence-corrected chi connectivity index (χ1v) is 7.34. The van der Waals surface area contributed by atoms with Gasteiger partial charge in [-0.3, -0.25) is 0 Å². The Morgan fingerprint density at radius 2 is 1.58 bits per heavy atom. The van der Waals surface area contributed by atoms with Crippen molar-refractivity contribution in [3.8, 4) is 0 Å². The summed E-state index contributed by atoms with van der Waals surface area (Å²) in [6, 6.07) is 16.2. The summed E-state index contributed by atoms with van der Waals surface area (Å²) in [4.78, 5) is 8.80. The molecular weight excluding hydrogens is 309 g/mol. The van der Waals surface area contributed by atoms with Crippen molar-refractivity contribution in [3.05, 3.63) is 71.7 Å². The van der Waals surface area contributed by atoms with Crippen molar-refractivity contribution in [3.63, 3.8) is 0 Å². The quantitative estimate of drug-likeness (QED) is 0.620. The maximum atomic E-state index is 13.9. The molecule has 24 heavy (non-hydrogen) atoms. The van der Waals surface area contributed by atoms with Gasteiger partial charge in [-0.15, -0.1) is 0 Å². The van der Waals surface area contributed by atoms with E-state index in [1.165, 1.54) is 6.07 Å². The molecule has 0 saturated carbocycles. The first-order chi connectivity index (χ1) is 11.8. The van der Waals surface area contributed by atoms with Crippen molar-refractivity contribution in [1.29, 1.82) is 0 Å². The summed E-state index contributed by atoms with van der Waals surface area (Å²) in [5.74, 6) is 0.0514. The molecule has 0 spiro atoms. The minimum absolute atomic E-state index is 0.269. The number of benzene rings is 2. The molecule has 2 heterocycles. The molecule has 0 fully saturated rings. The smallest absolute Gasteiger partial charge is 0.245 e. The van der Waals surface area contributed by atoms with E-state index in [2.05, 4.69) is 30.2 Å². The third-order valence-electron chi connectivity index (χ3n) is 3.53. The summed E-state index contributed by atoms with van der Waals surface area (Å²) in [7, 11) is 0. The SMILES string of the molecule is Fc1ccccc1Nc1nc2nonc2nc1Cc1ccccc1. The molecule has 0 bridgehead atoms. The van der Waals surface area contributed by atoms with Gasteiger partial charge in [0.05, 0.1) is 11.4 Å². The number of nitrogens with one attached hydrogen (secondary N) is 1. The van der Waals surface area contributed by atoms with Gasteiger partial charge in [-0.25, -0.2) is 19.0 Å². The van der Waals surface area contributed by atoms with E-state index < -0.39 is 0 Å². The van der Waals surface area contributed by atoms with Crippen LogP contribution in [-0.4, -0.2) is 20.3 Å². The van der Waals surface area contributed by atoms with Crippen LogP contribution >= 0.6 is 0 Å². The number of para-hydroxylation sites is 1. The Bertz CT molecular complexity index is 987. The molecule has 6 nitrogen and oxygen atoms in total. The molecule has 0 radical (unpaired) electrons. The molecule has 2 aromatic carbocycles. The Hall–Kier alpha value is -3.35. The molecule has 0 atom stereocenters. The van der Waals surface area contributed by atoms with Crippen LogP contribution in [0, 0.1) is 5.82 Å². The molecule has 2 aromatic heterocycles. The Morgan fingerprint density at radius 3 is 2.38 bits per heavy atom. The summed E-state index contributed by atoms with van der Waals surface area (Å²) in [5, 5.41) is 10.4. The molecule has 7 heteroatoms. The maximum Gasteiger partial charge on any atom is 0.245 e. The number of aromatic nitrogens is 4. The number of halogens is 1. The van der Waals surface area contributed by atoms with Gasteiger partial charge < -0.3 is 5.32 Å².